The second-order valence-corrected chi connectivity index (χ2v) is 11.2. The Morgan fingerprint density at radius 1 is 1.00 bits per heavy atom. The Bertz CT molecular complexity index is 1330. The van der Waals surface area contributed by atoms with Crippen LogP contribution >= 0.6 is 0 Å². The molecular formula is C29H32N2O4S. The van der Waals surface area contributed by atoms with E-state index in [4.69, 9.17) is 4.74 Å². The number of sulfonamides is 1. The number of aromatic hydroxyl groups is 1. The SMILES string of the molecule is Cc1ccc(S(=O)(=O)Nc2ccc(O)c(C3CC/C(=C/c4ccccc4)C3N3CCOCC3)c2)cc1. The number of nitrogens with zero attached hydrogens (tertiary/aromatic N) is 1. The lowest BCUT2D eigenvalue weighted by Gasteiger charge is -2.37. The molecule has 1 aliphatic heterocycles. The van der Waals surface area contributed by atoms with Crippen molar-refractivity contribution in [1.29, 1.82) is 0 Å². The van der Waals surface area contributed by atoms with Gasteiger partial charge in [-0.3, -0.25) is 9.62 Å². The fraction of sp³-hybridized carbons (Fsp3) is 0.310. The van der Waals surface area contributed by atoms with E-state index in [2.05, 4.69) is 27.8 Å². The van der Waals surface area contributed by atoms with Gasteiger partial charge < -0.3 is 9.84 Å². The standard InChI is InChI=1S/C29H32N2O4S/c1-21-7-11-25(12-8-21)36(33,34)30-24-10-14-28(32)27(20-24)26-13-9-23(19-22-5-3-2-4-6-22)29(26)31-15-17-35-18-16-31/h2-8,10-12,14,19-20,26,29-30,32H,9,13,15-18H2,1H3/b23-19-. The molecule has 0 amide bonds. The Labute approximate surface area is 213 Å². The van der Waals surface area contributed by atoms with Crippen LogP contribution in [0.1, 0.15) is 35.4 Å². The summed E-state index contributed by atoms with van der Waals surface area (Å²) in [6.45, 7) is 4.94. The molecule has 1 saturated heterocycles. The highest BCUT2D eigenvalue weighted by Crippen LogP contribution is 2.45. The number of hydrogen-bond donors (Lipinski definition) is 2. The van der Waals surface area contributed by atoms with Crippen LogP contribution in [0.5, 0.6) is 5.75 Å². The third kappa shape index (κ3) is 5.33. The van der Waals surface area contributed by atoms with Crippen molar-refractivity contribution in [3.63, 3.8) is 0 Å². The maximum absolute atomic E-state index is 13.0. The van der Waals surface area contributed by atoms with Gasteiger partial charge >= 0.3 is 0 Å². The molecule has 6 nitrogen and oxygen atoms in total. The van der Waals surface area contributed by atoms with Crippen LogP contribution in [-0.4, -0.2) is 50.8 Å². The van der Waals surface area contributed by atoms with E-state index in [0.717, 1.165) is 42.6 Å². The summed E-state index contributed by atoms with van der Waals surface area (Å²) in [6, 6.07) is 22.2. The van der Waals surface area contributed by atoms with Gasteiger partial charge in [0.15, 0.2) is 0 Å². The van der Waals surface area contributed by atoms with Crippen molar-refractivity contribution in [2.45, 2.75) is 36.6 Å². The fourth-order valence-electron chi connectivity index (χ4n) is 5.32. The van der Waals surface area contributed by atoms with Gasteiger partial charge in [0, 0.05) is 36.3 Å². The van der Waals surface area contributed by atoms with Crippen molar-refractivity contribution in [2.75, 3.05) is 31.0 Å². The molecule has 0 spiro atoms. The van der Waals surface area contributed by atoms with E-state index in [1.807, 2.05) is 25.1 Å². The number of aryl methyl sites for hydroxylation is 1. The van der Waals surface area contributed by atoms with Gasteiger partial charge in [0.05, 0.1) is 18.1 Å². The zero-order valence-corrected chi connectivity index (χ0v) is 21.2. The molecule has 2 fully saturated rings. The third-order valence-electron chi connectivity index (χ3n) is 7.11. The molecular weight excluding hydrogens is 472 g/mol. The van der Waals surface area contributed by atoms with E-state index in [1.165, 1.54) is 5.57 Å². The lowest BCUT2D eigenvalue weighted by Crippen LogP contribution is -2.45. The number of morpholine rings is 1. The van der Waals surface area contributed by atoms with Crippen molar-refractivity contribution in [1.82, 2.24) is 4.90 Å². The van der Waals surface area contributed by atoms with Crippen molar-refractivity contribution in [3.8, 4) is 5.75 Å². The molecule has 0 radical (unpaired) electrons. The van der Waals surface area contributed by atoms with Crippen LogP contribution < -0.4 is 4.72 Å². The van der Waals surface area contributed by atoms with Crippen molar-refractivity contribution in [2.24, 2.45) is 0 Å². The molecule has 1 aliphatic carbocycles. The summed E-state index contributed by atoms with van der Waals surface area (Å²) >= 11 is 0. The lowest BCUT2D eigenvalue weighted by atomic mass is 9.90. The molecule has 3 aromatic rings. The molecule has 1 saturated carbocycles. The average molecular weight is 505 g/mol. The highest BCUT2D eigenvalue weighted by molar-refractivity contribution is 7.92. The number of hydrogen-bond acceptors (Lipinski definition) is 5. The Morgan fingerprint density at radius 2 is 1.72 bits per heavy atom. The van der Waals surface area contributed by atoms with Crippen LogP contribution in [0.3, 0.4) is 0 Å². The maximum atomic E-state index is 13.0. The first-order valence-electron chi connectivity index (χ1n) is 12.4. The number of rotatable bonds is 6. The summed E-state index contributed by atoms with van der Waals surface area (Å²) in [4.78, 5) is 2.65. The first-order valence-corrected chi connectivity index (χ1v) is 13.9. The van der Waals surface area contributed by atoms with Crippen molar-refractivity contribution in [3.05, 3.63) is 95.1 Å². The molecule has 5 rings (SSSR count). The largest absolute Gasteiger partial charge is 0.508 e. The molecule has 7 heteroatoms. The second kappa shape index (κ2) is 10.5. The highest BCUT2D eigenvalue weighted by Gasteiger charge is 2.38. The molecule has 1 heterocycles. The zero-order valence-electron chi connectivity index (χ0n) is 20.4. The van der Waals surface area contributed by atoms with Gasteiger partial charge in [0.1, 0.15) is 5.75 Å². The molecule has 0 aromatic heterocycles. The van der Waals surface area contributed by atoms with Gasteiger partial charge in [0.2, 0.25) is 0 Å². The first kappa shape index (κ1) is 24.6. The Hall–Kier alpha value is -3.13. The monoisotopic (exact) mass is 504 g/mol. The molecule has 2 aliphatic rings. The summed E-state index contributed by atoms with van der Waals surface area (Å²) in [7, 11) is -3.74. The molecule has 188 valence electrons. The number of benzene rings is 3. The Balaban J connectivity index is 1.47. The van der Waals surface area contributed by atoms with Gasteiger partial charge in [-0.05, 0) is 55.7 Å². The highest BCUT2D eigenvalue weighted by atomic mass is 32.2. The van der Waals surface area contributed by atoms with Crippen LogP contribution in [-0.2, 0) is 14.8 Å². The van der Waals surface area contributed by atoms with Crippen LogP contribution in [0.15, 0.2) is 83.3 Å². The van der Waals surface area contributed by atoms with Gasteiger partial charge in [-0.1, -0.05) is 59.7 Å². The van der Waals surface area contributed by atoms with E-state index in [1.54, 1.807) is 42.5 Å². The number of nitrogens with one attached hydrogen (secondary N) is 1. The van der Waals surface area contributed by atoms with Crippen LogP contribution in [0, 0.1) is 6.92 Å². The van der Waals surface area contributed by atoms with E-state index < -0.39 is 10.0 Å². The minimum atomic E-state index is -3.74. The number of phenolic OH excluding ortho intramolecular Hbond substituents is 1. The summed E-state index contributed by atoms with van der Waals surface area (Å²) in [5.41, 5.74) is 4.71. The Morgan fingerprint density at radius 3 is 2.44 bits per heavy atom. The van der Waals surface area contributed by atoms with Crippen molar-refractivity contribution < 1.29 is 18.3 Å². The van der Waals surface area contributed by atoms with Crippen molar-refractivity contribution >= 4 is 21.8 Å². The minimum Gasteiger partial charge on any atom is -0.508 e. The molecule has 2 unspecified atom stereocenters. The Kier molecular flexibility index (Phi) is 7.14. The predicted octanol–water partition coefficient (Wildman–Crippen LogP) is 5.16. The normalized spacial score (nSPS) is 22.1. The van der Waals surface area contributed by atoms with Gasteiger partial charge in [-0.2, -0.15) is 0 Å². The first-order chi connectivity index (χ1) is 17.4. The average Bonchev–Trinajstić information content (AvgIpc) is 3.29. The molecule has 3 aromatic carbocycles. The summed E-state index contributed by atoms with van der Waals surface area (Å²) in [6.07, 6.45) is 4.06. The molecule has 2 N–H and O–H groups in total. The lowest BCUT2D eigenvalue weighted by molar-refractivity contribution is 0.0215. The summed E-state index contributed by atoms with van der Waals surface area (Å²) < 4.78 is 34.3. The minimum absolute atomic E-state index is 0.0434. The topological polar surface area (TPSA) is 78.9 Å². The third-order valence-corrected chi connectivity index (χ3v) is 8.50. The summed E-state index contributed by atoms with van der Waals surface area (Å²) in [5, 5.41) is 10.9. The fourth-order valence-corrected chi connectivity index (χ4v) is 6.37. The number of ether oxygens (including phenoxy) is 1. The van der Waals surface area contributed by atoms with E-state index in [-0.39, 0.29) is 22.6 Å². The predicted molar refractivity (Wildman–Crippen MR) is 143 cm³/mol. The van der Waals surface area contributed by atoms with E-state index >= 15 is 0 Å². The zero-order chi connectivity index (χ0) is 25.1. The molecule has 36 heavy (non-hydrogen) atoms. The summed E-state index contributed by atoms with van der Waals surface area (Å²) in [5.74, 6) is 0.236. The van der Waals surface area contributed by atoms with Gasteiger partial charge in [0.25, 0.3) is 10.0 Å². The van der Waals surface area contributed by atoms with E-state index in [0.29, 0.717) is 18.9 Å². The smallest absolute Gasteiger partial charge is 0.261 e. The van der Waals surface area contributed by atoms with Crippen LogP contribution in [0.2, 0.25) is 0 Å². The van der Waals surface area contributed by atoms with Gasteiger partial charge in [-0.25, -0.2) is 8.42 Å². The molecule has 2 atom stereocenters. The second-order valence-electron chi connectivity index (χ2n) is 9.56. The number of phenols is 1. The number of anilines is 1. The molecule has 0 bridgehead atoms. The van der Waals surface area contributed by atoms with Gasteiger partial charge in [-0.15, -0.1) is 0 Å². The van der Waals surface area contributed by atoms with E-state index in [9.17, 15) is 13.5 Å². The quantitative estimate of drug-likeness (QED) is 0.453. The van der Waals surface area contributed by atoms with Crippen LogP contribution in [0.25, 0.3) is 6.08 Å². The van der Waals surface area contributed by atoms with Crippen LogP contribution in [0.4, 0.5) is 5.69 Å². The maximum Gasteiger partial charge on any atom is 0.261 e.